The molecule has 6 nitrogen and oxygen atoms in total. The normalized spacial score (nSPS) is 22.7. The van der Waals surface area contributed by atoms with Crippen LogP contribution in [0, 0.1) is 12.8 Å². The van der Waals surface area contributed by atoms with E-state index >= 15 is 0 Å². The van der Waals surface area contributed by atoms with Crippen molar-refractivity contribution in [1.29, 1.82) is 0 Å². The molecule has 1 aromatic rings. The Bertz CT molecular complexity index is 607. The monoisotopic (exact) mass is 315 g/mol. The van der Waals surface area contributed by atoms with Gasteiger partial charge in [0.05, 0.1) is 24.5 Å². The average Bonchev–Trinajstić information content (AvgIpc) is 3.08. The van der Waals surface area contributed by atoms with E-state index in [-0.39, 0.29) is 6.54 Å². The summed E-state index contributed by atoms with van der Waals surface area (Å²) in [7, 11) is -0.714. The van der Waals surface area contributed by atoms with Gasteiger partial charge in [-0.15, -0.1) is 0 Å². The maximum atomic E-state index is 12.7. The summed E-state index contributed by atoms with van der Waals surface area (Å²) in [4.78, 5) is 11.7. The zero-order valence-corrected chi connectivity index (χ0v) is 13.4. The van der Waals surface area contributed by atoms with Crippen LogP contribution in [0.5, 0.6) is 0 Å². The molecular formula is C14H21NO5S. The molecule has 1 aliphatic carbocycles. The largest absolute Gasteiger partial charge is 0.469 e. The van der Waals surface area contributed by atoms with E-state index < -0.39 is 27.2 Å². The molecule has 1 aliphatic rings. The van der Waals surface area contributed by atoms with Crippen LogP contribution in [-0.2, 0) is 26.1 Å². The molecule has 1 fully saturated rings. The molecule has 0 spiro atoms. The summed E-state index contributed by atoms with van der Waals surface area (Å²) in [5.41, 5.74) is 0.827. The van der Waals surface area contributed by atoms with Crippen LogP contribution in [0.4, 0.5) is 0 Å². The predicted molar refractivity (Wildman–Crippen MR) is 77.0 cm³/mol. The van der Waals surface area contributed by atoms with E-state index in [1.54, 1.807) is 13.0 Å². The first-order chi connectivity index (χ1) is 9.87. The number of rotatable bonds is 5. The maximum absolute atomic E-state index is 12.7. The summed E-state index contributed by atoms with van der Waals surface area (Å²) in [5, 5.41) is -0.692. The van der Waals surface area contributed by atoms with Crippen molar-refractivity contribution >= 4 is 16.0 Å². The third-order valence-corrected chi connectivity index (χ3v) is 6.46. The van der Waals surface area contributed by atoms with Gasteiger partial charge in [-0.1, -0.05) is 6.42 Å². The SMILES string of the molecule is COC(=O)C1CCCC1S(=O)(=O)N(C)Cc1ccoc1C. The number of carbonyl (C=O) groups excluding carboxylic acids is 1. The van der Waals surface area contributed by atoms with Crippen LogP contribution in [-0.4, -0.2) is 38.1 Å². The van der Waals surface area contributed by atoms with Crippen molar-refractivity contribution in [2.75, 3.05) is 14.2 Å². The fraction of sp³-hybridized carbons (Fsp3) is 0.643. The lowest BCUT2D eigenvalue weighted by Gasteiger charge is -2.24. The standard InChI is InChI=1S/C14H21NO5S/c1-10-11(7-8-20-10)9-15(2)21(17,18)13-6-4-5-12(13)14(16)19-3/h7-8,12-13H,4-6,9H2,1-3H3. The Balaban J connectivity index is 2.17. The van der Waals surface area contributed by atoms with Crippen molar-refractivity contribution in [3.05, 3.63) is 23.7 Å². The number of furan rings is 1. The summed E-state index contributed by atoms with van der Waals surface area (Å²) in [5.74, 6) is -0.296. The molecule has 118 valence electrons. The number of hydrogen-bond acceptors (Lipinski definition) is 5. The molecule has 7 heteroatoms. The highest BCUT2D eigenvalue weighted by atomic mass is 32.2. The Hall–Kier alpha value is -1.34. The topological polar surface area (TPSA) is 76.8 Å². The summed E-state index contributed by atoms with van der Waals surface area (Å²) in [6.07, 6.45) is 3.33. The maximum Gasteiger partial charge on any atom is 0.310 e. The number of methoxy groups -OCH3 is 1. The molecule has 2 rings (SSSR count). The lowest BCUT2D eigenvalue weighted by molar-refractivity contribution is -0.145. The second-order valence-electron chi connectivity index (χ2n) is 5.40. The van der Waals surface area contributed by atoms with Gasteiger partial charge < -0.3 is 9.15 Å². The van der Waals surface area contributed by atoms with Crippen molar-refractivity contribution in [2.24, 2.45) is 5.92 Å². The van der Waals surface area contributed by atoms with Crippen LogP contribution in [0.2, 0.25) is 0 Å². The summed E-state index contributed by atoms with van der Waals surface area (Å²) in [6, 6.07) is 1.76. The molecule has 0 bridgehead atoms. The average molecular weight is 315 g/mol. The molecule has 0 aromatic carbocycles. The minimum atomic E-state index is -3.54. The van der Waals surface area contributed by atoms with Crippen LogP contribution in [0.3, 0.4) is 0 Å². The Kier molecular flexibility index (Phi) is 4.73. The fourth-order valence-corrected chi connectivity index (χ4v) is 4.75. The van der Waals surface area contributed by atoms with Gasteiger partial charge in [0.2, 0.25) is 10.0 Å². The number of hydrogen-bond donors (Lipinski definition) is 0. The van der Waals surface area contributed by atoms with Gasteiger partial charge in [0.25, 0.3) is 0 Å². The van der Waals surface area contributed by atoms with Gasteiger partial charge in [-0.25, -0.2) is 12.7 Å². The van der Waals surface area contributed by atoms with Gasteiger partial charge in [-0.3, -0.25) is 4.79 Å². The van der Waals surface area contributed by atoms with Crippen LogP contribution in [0.25, 0.3) is 0 Å². The number of aryl methyl sites for hydroxylation is 1. The molecule has 21 heavy (non-hydrogen) atoms. The minimum Gasteiger partial charge on any atom is -0.469 e. The van der Waals surface area contributed by atoms with E-state index in [9.17, 15) is 13.2 Å². The zero-order valence-electron chi connectivity index (χ0n) is 12.5. The summed E-state index contributed by atoms with van der Waals surface area (Å²) >= 11 is 0. The third-order valence-electron chi connectivity index (χ3n) is 4.13. The number of esters is 1. The lowest BCUT2D eigenvalue weighted by atomic mass is 10.1. The smallest absolute Gasteiger partial charge is 0.310 e. The highest BCUT2D eigenvalue weighted by Gasteiger charge is 2.43. The molecule has 2 atom stereocenters. The van der Waals surface area contributed by atoms with E-state index in [0.717, 1.165) is 12.0 Å². The first-order valence-electron chi connectivity index (χ1n) is 6.94. The second kappa shape index (κ2) is 6.19. The van der Waals surface area contributed by atoms with E-state index in [1.807, 2.05) is 0 Å². The molecule has 0 N–H and O–H groups in total. The van der Waals surface area contributed by atoms with Crippen LogP contribution >= 0.6 is 0 Å². The van der Waals surface area contributed by atoms with Gasteiger partial charge in [0.15, 0.2) is 0 Å². The van der Waals surface area contributed by atoms with Crippen molar-refractivity contribution in [1.82, 2.24) is 4.31 Å². The number of ether oxygens (including phenoxy) is 1. The van der Waals surface area contributed by atoms with E-state index in [0.29, 0.717) is 18.6 Å². The van der Waals surface area contributed by atoms with Gasteiger partial charge in [-0.2, -0.15) is 0 Å². The number of carbonyl (C=O) groups is 1. The van der Waals surface area contributed by atoms with Crippen LogP contribution < -0.4 is 0 Å². The quantitative estimate of drug-likeness (QED) is 0.773. The highest BCUT2D eigenvalue weighted by molar-refractivity contribution is 7.89. The molecular weight excluding hydrogens is 294 g/mol. The van der Waals surface area contributed by atoms with E-state index in [1.165, 1.54) is 24.7 Å². The highest BCUT2D eigenvalue weighted by Crippen LogP contribution is 2.34. The van der Waals surface area contributed by atoms with E-state index in [2.05, 4.69) is 0 Å². The molecule has 0 radical (unpaired) electrons. The van der Waals surface area contributed by atoms with Crippen LogP contribution in [0.15, 0.2) is 16.7 Å². The second-order valence-corrected chi connectivity index (χ2v) is 7.66. The Labute approximate surface area is 125 Å². The fourth-order valence-electron chi connectivity index (χ4n) is 2.84. The van der Waals surface area contributed by atoms with Gasteiger partial charge >= 0.3 is 5.97 Å². The van der Waals surface area contributed by atoms with Gasteiger partial charge in [0, 0.05) is 19.2 Å². The zero-order chi connectivity index (χ0) is 15.6. The summed E-state index contributed by atoms with van der Waals surface area (Å²) in [6.45, 7) is 2.04. The molecule has 1 heterocycles. The molecule has 1 aromatic heterocycles. The Morgan fingerprint density at radius 2 is 2.19 bits per heavy atom. The molecule has 0 aliphatic heterocycles. The first kappa shape index (κ1) is 16.0. The van der Waals surface area contributed by atoms with Crippen molar-refractivity contribution in [3.63, 3.8) is 0 Å². The Morgan fingerprint density at radius 3 is 2.76 bits per heavy atom. The number of nitrogens with zero attached hydrogens (tertiary/aromatic N) is 1. The molecule has 0 amide bonds. The van der Waals surface area contributed by atoms with Crippen molar-refractivity contribution in [3.8, 4) is 0 Å². The molecule has 2 unspecified atom stereocenters. The van der Waals surface area contributed by atoms with Crippen molar-refractivity contribution < 1.29 is 22.4 Å². The van der Waals surface area contributed by atoms with E-state index in [4.69, 9.17) is 9.15 Å². The lowest BCUT2D eigenvalue weighted by Crippen LogP contribution is -2.40. The minimum absolute atomic E-state index is 0.245. The van der Waals surface area contributed by atoms with Crippen molar-refractivity contribution in [2.45, 2.75) is 38.0 Å². The summed E-state index contributed by atoms with van der Waals surface area (Å²) < 4.78 is 36.6. The Morgan fingerprint density at radius 1 is 1.48 bits per heavy atom. The molecule has 0 saturated heterocycles. The van der Waals surface area contributed by atoms with Gasteiger partial charge in [-0.05, 0) is 25.8 Å². The van der Waals surface area contributed by atoms with Crippen LogP contribution in [0.1, 0.15) is 30.6 Å². The first-order valence-corrected chi connectivity index (χ1v) is 8.44. The number of sulfonamides is 1. The predicted octanol–water partition coefficient (Wildman–Crippen LogP) is 1.69. The van der Waals surface area contributed by atoms with Gasteiger partial charge in [0.1, 0.15) is 5.76 Å². The third kappa shape index (κ3) is 3.13. The molecule has 1 saturated carbocycles.